The van der Waals surface area contributed by atoms with Gasteiger partial charge in [0.05, 0.1) is 29.0 Å². The van der Waals surface area contributed by atoms with E-state index in [2.05, 4.69) is 11.1 Å². The van der Waals surface area contributed by atoms with Gasteiger partial charge in [-0.05, 0) is 73.4 Å². The van der Waals surface area contributed by atoms with Crippen LogP contribution in [0, 0.1) is 20.8 Å². The molecule has 5 heteroatoms. The van der Waals surface area contributed by atoms with Gasteiger partial charge < -0.3 is 4.74 Å². The first kappa shape index (κ1) is 21.1. The van der Waals surface area contributed by atoms with Crippen LogP contribution < -0.4 is 4.74 Å². The number of benzene rings is 3. The molecule has 0 spiro atoms. The van der Waals surface area contributed by atoms with Crippen LogP contribution in [0.2, 0.25) is 0 Å². The number of rotatable bonds is 5. The normalized spacial score (nSPS) is 11.6. The minimum absolute atomic E-state index is 0.117. The highest BCUT2D eigenvalue weighted by Gasteiger charge is 2.21. The summed E-state index contributed by atoms with van der Waals surface area (Å²) in [5.41, 5.74) is 6.10. The van der Waals surface area contributed by atoms with Crippen LogP contribution in [0.25, 0.3) is 22.0 Å². The smallest absolute Gasteiger partial charge is 0.184 e. The van der Waals surface area contributed by atoms with Crippen LogP contribution in [-0.4, -0.2) is 20.5 Å². The molecule has 0 saturated carbocycles. The zero-order chi connectivity index (χ0) is 22.2. The maximum Gasteiger partial charge on any atom is 0.184 e. The zero-order valence-electron chi connectivity index (χ0n) is 18.1. The predicted octanol–water partition coefficient (Wildman–Crippen LogP) is 5.81. The summed E-state index contributed by atoms with van der Waals surface area (Å²) in [4.78, 5) is 5.04. The lowest BCUT2D eigenvalue weighted by molar-refractivity contribution is 0.415. The zero-order valence-corrected chi connectivity index (χ0v) is 19.0. The molecule has 0 fully saturated rings. The molecule has 0 aliphatic rings. The second-order valence-electron chi connectivity index (χ2n) is 7.93. The van der Waals surface area contributed by atoms with Gasteiger partial charge in [0.2, 0.25) is 0 Å². The third-order valence-electron chi connectivity index (χ3n) is 5.42. The van der Waals surface area contributed by atoms with Gasteiger partial charge in [-0.2, -0.15) is 0 Å². The maximum atomic E-state index is 13.1. The lowest BCUT2D eigenvalue weighted by Crippen LogP contribution is -2.10. The molecule has 0 unspecified atom stereocenters. The maximum absolute atomic E-state index is 13.1. The average molecular weight is 432 g/mol. The van der Waals surface area contributed by atoms with E-state index in [1.807, 2.05) is 75.4 Å². The Balaban J connectivity index is 1.65. The molecule has 0 aliphatic heterocycles. The first-order valence-electron chi connectivity index (χ1n) is 10.1. The number of hydrogen-bond donors (Lipinski definition) is 0. The SMILES string of the molecule is COc1ccc(-c2ccc3nc(CS(=O)(=O)c4c(C)cc(C)cc4C)ccc3c2)cc1. The van der Waals surface area contributed by atoms with Crippen LogP contribution in [0.3, 0.4) is 0 Å². The second-order valence-corrected chi connectivity index (χ2v) is 9.85. The van der Waals surface area contributed by atoms with Gasteiger partial charge in [0, 0.05) is 5.39 Å². The first-order valence-corrected chi connectivity index (χ1v) is 11.8. The van der Waals surface area contributed by atoms with Crippen molar-refractivity contribution in [2.75, 3.05) is 7.11 Å². The van der Waals surface area contributed by atoms with Crippen molar-refractivity contribution in [3.8, 4) is 16.9 Å². The van der Waals surface area contributed by atoms with E-state index in [1.54, 1.807) is 13.2 Å². The van der Waals surface area contributed by atoms with Crippen molar-refractivity contribution < 1.29 is 13.2 Å². The molecule has 0 N–H and O–H groups in total. The van der Waals surface area contributed by atoms with Crippen molar-refractivity contribution in [3.63, 3.8) is 0 Å². The average Bonchev–Trinajstić information content (AvgIpc) is 2.72. The molecular formula is C26H25NO3S. The minimum atomic E-state index is -3.49. The van der Waals surface area contributed by atoms with Crippen molar-refractivity contribution in [1.82, 2.24) is 4.98 Å². The van der Waals surface area contributed by atoms with E-state index in [9.17, 15) is 8.42 Å². The Morgan fingerprint density at radius 2 is 1.45 bits per heavy atom. The summed E-state index contributed by atoms with van der Waals surface area (Å²) in [5, 5.41) is 0.970. The largest absolute Gasteiger partial charge is 0.497 e. The van der Waals surface area contributed by atoms with Gasteiger partial charge in [0.25, 0.3) is 0 Å². The number of hydrogen-bond acceptors (Lipinski definition) is 4. The van der Waals surface area contributed by atoms with Crippen LogP contribution in [0.15, 0.2) is 71.6 Å². The molecule has 158 valence electrons. The standard InChI is InChI=1S/C26H25NO3S/c1-17-13-18(2)26(19(3)14-17)31(28,29)16-23-9-5-22-15-21(8-12-25(22)27-23)20-6-10-24(30-4)11-7-20/h5-15H,16H2,1-4H3. The number of pyridine rings is 1. The molecule has 0 aliphatic carbocycles. The summed E-state index contributed by atoms with van der Waals surface area (Å²) in [5.74, 6) is 0.699. The Labute approximate surface area is 183 Å². The monoisotopic (exact) mass is 431 g/mol. The molecule has 4 aromatic rings. The van der Waals surface area contributed by atoms with Gasteiger partial charge in [-0.1, -0.05) is 42.0 Å². The van der Waals surface area contributed by atoms with Crippen LogP contribution in [0.5, 0.6) is 5.75 Å². The Kier molecular flexibility index (Phi) is 5.54. The van der Waals surface area contributed by atoms with Gasteiger partial charge in [0.15, 0.2) is 9.84 Å². The summed E-state index contributed by atoms with van der Waals surface area (Å²) in [6.45, 7) is 5.67. The molecule has 3 aromatic carbocycles. The minimum Gasteiger partial charge on any atom is -0.497 e. The molecule has 4 rings (SSSR count). The summed E-state index contributed by atoms with van der Waals surface area (Å²) >= 11 is 0. The van der Waals surface area contributed by atoms with E-state index in [4.69, 9.17) is 4.74 Å². The third-order valence-corrected chi connectivity index (χ3v) is 7.37. The van der Waals surface area contributed by atoms with Crippen LogP contribution in [-0.2, 0) is 15.6 Å². The summed E-state index contributed by atoms with van der Waals surface area (Å²) in [6, 6.07) is 21.5. The molecule has 1 heterocycles. The number of ether oxygens (including phenoxy) is 1. The van der Waals surface area contributed by atoms with Crippen LogP contribution in [0.4, 0.5) is 0 Å². The van der Waals surface area contributed by atoms with E-state index in [0.29, 0.717) is 10.6 Å². The number of nitrogens with zero attached hydrogens (tertiary/aromatic N) is 1. The van der Waals surface area contributed by atoms with Crippen molar-refractivity contribution in [2.45, 2.75) is 31.4 Å². The fourth-order valence-electron chi connectivity index (χ4n) is 4.14. The molecular weight excluding hydrogens is 406 g/mol. The van der Waals surface area contributed by atoms with E-state index in [1.165, 1.54) is 0 Å². The molecule has 4 nitrogen and oxygen atoms in total. The van der Waals surface area contributed by atoms with Crippen LogP contribution in [0.1, 0.15) is 22.4 Å². The summed E-state index contributed by atoms with van der Waals surface area (Å²) < 4.78 is 31.5. The highest BCUT2D eigenvalue weighted by molar-refractivity contribution is 7.90. The molecule has 0 atom stereocenters. The molecule has 0 amide bonds. The van der Waals surface area contributed by atoms with Gasteiger partial charge in [-0.15, -0.1) is 0 Å². The van der Waals surface area contributed by atoms with E-state index >= 15 is 0 Å². The van der Waals surface area contributed by atoms with Gasteiger partial charge in [-0.3, -0.25) is 4.98 Å². The first-order chi connectivity index (χ1) is 14.8. The Morgan fingerprint density at radius 1 is 0.806 bits per heavy atom. The Bertz CT molecular complexity index is 1350. The third kappa shape index (κ3) is 4.32. The van der Waals surface area contributed by atoms with E-state index < -0.39 is 9.84 Å². The molecule has 0 saturated heterocycles. The fourth-order valence-corrected chi connectivity index (χ4v) is 5.93. The summed E-state index contributed by atoms with van der Waals surface area (Å²) in [6.07, 6.45) is 0. The fraction of sp³-hybridized carbons (Fsp3) is 0.192. The second kappa shape index (κ2) is 8.16. The highest BCUT2D eigenvalue weighted by atomic mass is 32.2. The van der Waals surface area contributed by atoms with Crippen molar-refractivity contribution in [1.29, 1.82) is 0 Å². The quantitative estimate of drug-likeness (QED) is 0.400. The number of sulfone groups is 1. The lowest BCUT2D eigenvalue weighted by Gasteiger charge is -2.12. The predicted molar refractivity (Wildman–Crippen MR) is 125 cm³/mol. The van der Waals surface area contributed by atoms with Crippen molar-refractivity contribution in [3.05, 3.63) is 89.1 Å². The Hall–Kier alpha value is -3.18. The van der Waals surface area contributed by atoms with Crippen molar-refractivity contribution >= 4 is 20.7 Å². The number of aryl methyl sites for hydroxylation is 3. The molecule has 1 aromatic heterocycles. The molecule has 0 bridgehead atoms. The van der Waals surface area contributed by atoms with Gasteiger partial charge in [0.1, 0.15) is 5.75 Å². The van der Waals surface area contributed by atoms with Gasteiger partial charge >= 0.3 is 0 Å². The highest BCUT2D eigenvalue weighted by Crippen LogP contribution is 2.28. The lowest BCUT2D eigenvalue weighted by atomic mass is 10.0. The number of methoxy groups -OCH3 is 1. The topological polar surface area (TPSA) is 56.3 Å². The van der Waals surface area contributed by atoms with E-state index in [-0.39, 0.29) is 5.75 Å². The molecule has 0 radical (unpaired) electrons. The van der Waals surface area contributed by atoms with Gasteiger partial charge in [-0.25, -0.2) is 8.42 Å². The molecule has 31 heavy (non-hydrogen) atoms. The Morgan fingerprint density at radius 3 is 2.10 bits per heavy atom. The van der Waals surface area contributed by atoms with Crippen molar-refractivity contribution in [2.24, 2.45) is 0 Å². The van der Waals surface area contributed by atoms with E-state index in [0.717, 1.165) is 44.5 Å². The summed E-state index contributed by atoms with van der Waals surface area (Å²) in [7, 11) is -1.84. The number of aromatic nitrogens is 1. The number of fused-ring (bicyclic) bond motifs is 1. The van der Waals surface area contributed by atoms with Crippen LogP contribution >= 0.6 is 0 Å².